The second-order valence-corrected chi connectivity index (χ2v) is 14.6. The molecular weight excluding hydrogens is 282 g/mol. The van der Waals surface area contributed by atoms with E-state index in [1.807, 2.05) is 0 Å². The molecule has 0 N–H and O–H groups in total. The minimum Gasteiger partial charge on any atom is -0.323 e. The van der Waals surface area contributed by atoms with Crippen LogP contribution in [0.2, 0.25) is 0 Å². The van der Waals surface area contributed by atoms with Gasteiger partial charge in [0.1, 0.15) is 0 Å². The van der Waals surface area contributed by atoms with Gasteiger partial charge in [-0.05, 0) is 62.7 Å². The second-order valence-electron chi connectivity index (χ2n) is 7.85. The Bertz CT molecular complexity index is 360. The van der Waals surface area contributed by atoms with Gasteiger partial charge in [-0.3, -0.25) is 0 Å². The lowest BCUT2D eigenvalue weighted by Crippen LogP contribution is -2.34. The van der Waals surface area contributed by atoms with E-state index in [-0.39, 0.29) is 7.92 Å². The lowest BCUT2D eigenvalue weighted by Gasteiger charge is -2.49. The van der Waals surface area contributed by atoms with Crippen LogP contribution in [0.3, 0.4) is 0 Å². The summed E-state index contributed by atoms with van der Waals surface area (Å²) < 4.78 is 13.9. The highest BCUT2D eigenvalue weighted by Gasteiger charge is 2.49. The second kappa shape index (κ2) is 5.70. The first-order valence-corrected chi connectivity index (χ1v) is 12.8. The van der Waals surface area contributed by atoms with E-state index in [1.165, 1.54) is 83.0 Å². The number of hydrogen-bond donors (Lipinski definition) is 0. The third-order valence-corrected chi connectivity index (χ3v) is 16.3. The van der Waals surface area contributed by atoms with Gasteiger partial charge >= 0.3 is 0 Å². The lowest BCUT2D eigenvalue weighted by molar-refractivity contribution is 0.431. The van der Waals surface area contributed by atoms with E-state index in [2.05, 4.69) is 0 Å². The van der Waals surface area contributed by atoms with E-state index in [0.717, 1.165) is 11.3 Å². The van der Waals surface area contributed by atoms with Crippen LogP contribution in [-0.4, -0.2) is 28.5 Å². The molecule has 4 fully saturated rings. The Morgan fingerprint density at radius 2 is 1.10 bits per heavy atom. The van der Waals surface area contributed by atoms with Crippen molar-refractivity contribution < 1.29 is 4.57 Å². The first-order chi connectivity index (χ1) is 9.77. The average Bonchev–Trinajstić information content (AvgIpc) is 2.37. The molecule has 4 bridgehead atoms. The van der Waals surface area contributed by atoms with Crippen LogP contribution in [0.1, 0.15) is 77.0 Å². The average molecular weight is 312 g/mol. The maximum absolute atomic E-state index is 13.9. The summed E-state index contributed by atoms with van der Waals surface area (Å²) >= 11 is 0. The largest absolute Gasteiger partial charge is 0.323 e. The monoisotopic (exact) mass is 312 g/mol. The summed E-state index contributed by atoms with van der Waals surface area (Å²) in [6, 6.07) is 0. The molecule has 0 radical (unpaired) electrons. The molecule has 0 spiro atoms. The molecule has 4 aliphatic rings. The lowest BCUT2D eigenvalue weighted by atomic mass is 9.99. The van der Waals surface area contributed by atoms with Crippen LogP contribution < -0.4 is 0 Å². The molecule has 4 aliphatic heterocycles. The molecule has 3 heteroatoms. The molecule has 4 saturated heterocycles. The summed E-state index contributed by atoms with van der Waals surface area (Å²) in [7, 11) is -1.69. The normalized spacial score (nSPS) is 51.7. The van der Waals surface area contributed by atoms with Crippen LogP contribution in [0.5, 0.6) is 0 Å². The molecule has 4 rings (SSSR count). The van der Waals surface area contributed by atoms with E-state index < -0.39 is 7.14 Å². The van der Waals surface area contributed by atoms with Gasteiger partial charge < -0.3 is 4.57 Å². The minimum atomic E-state index is -1.82. The minimum absolute atomic E-state index is 0.131. The van der Waals surface area contributed by atoms with Crippen LogP contribution in [0.25, 0.3) is 0 Å². The third kappa shape index (κ3) is 2.36. The van der Waals surface area contributed by atoms with Crippen LogP contribution in [0, 0.1) is 0 Å². The van der Waals surface area contributed by atoms with Crippen molar-refractivity contribution in [1.29, 1.82) is 0 Å². The summed E-state index contributed by atoms with van der Waals surface area (Å²) in [5.41, 5.74) is 3.37. The molecule has 0 saturated carbocycles. The van der Waals surface area contributed by atoms with Gasteiger partial charge in [-0.1, -0.05) is 33.6 Å². The smallest absolute Gasteiger partial charge is 0.0976 e. The molecular formula is C17H30OP2. The molecule has 0 aromatic carbocycles. The fourth-order valence-electron chi connectivity index (χ4n) is 5.78. The maximum Gasteiger partial charge on any atom is 0.0976 e. The van der Waals surface area contributed by atoms with Gasteiger partial charge in [-0.25, -0.2) is 0 Å². The standard InChI is InChI=1S/C17H30OP2/c18-20(16-9-3-10-17(20)12-4-11-16)13-19-14-5-1-6-15(19)8-2-7-14/h14-17H,1-13H2. The summed E-state index contributed by atoms with van der Waals surface area (Å²) in [4.78, 5) is 0. The first-order valence-electron chi connectivity index (χ1n) is 9.11. The van der Waals surface area contributed by atoms with Crippen molar-refractivity contribution in [2.75, 3.05) is 5.90 Å². The highest BCUT2D eigenvalue weighted by atomic mass is 31.2. The van der Waals surface area contributed by atoms with Crippen molar-refractivity contribution in [2.24, 2.45) is 0 Å². The predicted octanol–water partition coefficient (Wildman–Crippen LogP) is 6.00. The quantitative estimate of drug-likeness (QED) is 0.572. The molecule has 0 aromatic heterocycles. The van der Waals surface area contributed by atoms with Crippen molar-refractivity contribution in [3.63, 3.8) is 0 Å². The van der Waals surface area contributed by atoms with E-state index in [9.17, 15) is 4.57 Å². The molecule has 0 unspecified atom stereocenters. The van der Waals surface area contributed by atoms with E-state index in [1.54, 1.807) is 0 Å². The molecule has 20 heavy (non-hydrogen) atoms. The topological polar surface area (TPSA) is 17.1 Å². The molecule has 0 atom stereocenters. The van der Waals surface area contributed by atoms with E-state index in [4.69, 9.17) is 0 Å². The fourth-order valence-corrected chi connectivity index (χ4v) is 17.2. The Hall–Kier alpha value is 0.660. The van der Waals surface area contributed by atoms with E-state index >= 15 is 0 Å². The summed E-state index contributed by atoms with van der Waals surface area (Å²) in [6.45, 7) is 0. The molecule has 114 valence electrons. The maximum atomic E-state index is 13.9. The molecule has 4 heterocycles. The van der Waals surface area contributed by atoms with Gasteiger partial charge in [0.15, 0.2) is 0 Å². The van der Waals surface area contributed by atoms with Crippen LogP contribution in [0.15, 0.2) is 0 Å². The van der Waals surface area contributed by atoms with Crippen molar-refractivity contribution in [3.8, 4) is 0 Å². The van der Waals surface area contributed by atoms with Crippen LogP contribution in [0.4, 0.5) is 0 Å². The van der Waals surface area contributed by atoms with Gasteiger partial charge in [0.25, 0.3) is 0 Å². The van der Waals surface area contributed by atoms with E-state index in [0.29, 0.717) is 11.3 Å². The number of rotatable bonds is 2. The Kier molecular flexibility index (Phi) is 4.06. The SMILES string of the molecule is O=P1(CP2C3CCCC2CCC3)C2CCCC1CCC2. The Morgan fingerprint density at radius 1 is 0.700 bits per heavy atom. The van der Waals surface area contributed by atoms with Crippen LogP contribution in [-0.2, 0) is 4.57 Å². The zero-order valence-electron chi connectivity index (χ0n) is 12.8. The summed E-state index contributed by atoms with van der Waals surface area (Å²) in [5.74, 6) is 1.24. The molecule has 0 aliphatic carbocycles. The Balaban J connectivity index is 1.56. The van der Waals surface area contributed by atoms with Gasteiger partial charge in [0, 0.05) is 17.2 Å². The third-order valence-electron chi connectivity index (χ3n) is 6.86. The highest BCUT2D eigenvalue weighted by Crippen LogP contribution is 2.74. The Labute approximate surface area is 125 Å². The molecule has 0 aromatic rings. The molecule has 1 nitrogen and oxygen atoms in total. The van der Waals surface area contributed by atoms with Crippen molar-refractivity contribution >= 4 is 15.1 Å². The van der Waals surface area contributed by atoms with Crippen LogP contribution >= 0.6 is 15.1 Å². The number of hydrogen-bond acceptors (Lipinski definition) is 1. The van der Waals surface area contributed by atoms with Gasteiger partial charge in [0.2, 0.25) is 0 Å². The van der Waals surface area contributed by atoms with Crippen molar-refractivity contribution in [2.45, 2.75) is 99.7 Å². The van der Waals surface area contributed by atoms with Crippen molar-refractivity contribution in [1.82, 2.24) is 0 Å². The van der Waals surface area contributed by atoms with Gasteiger partial charge in [-0.2, -0.15) is 0 Å². The van der Waals surface area contributed by atoms with Gasteiger partial charge in [-0.15, -0.1) is 0 Å². The highest BCUT2D eigenvalue weighted by molar-refractivity contribution is 7.79. The molecule has 0 amide bonds. The number of fused-ring (bicyclic) bond motifs is 4. The van der Waals surface area contributed by atoms with Crippen molar-refractivity contribution in [3.05, 3.63) is 0 Å². The van der Waals surface area contributed by atoms with Gasteiger partial charge in [0.05, 0.1) is 7.14 Å². The first kappa shape index (κ1) is 14.3. The Morgan fingerprint density at radius 3 is 1.55 bits per heavy atom. The summed E-state index contributed by atoms with van der Waals surface area (Å²) in [5, 5.41) is 0. The fraction of sp³-hybridized carbons (Fsp3) is 1.00. The zero-order valence-corrected chi connectivity index (χ0v) is 14.6. The predicted molar refractivity (Wildman–Crippen MR) is 89.9 cm³/mol. The summed E-state index contributed by atoms with van der Waals surface area (Å²) in [6.07, 6.45) is 16.9. The zero-order chi connectivity index (χ0) is 13.6.